The van der Waals surface area contributed by atoms with E-state index in [1.54, 1.807) is 0 Å². The molecule has 0 bridgehead atoms. The molecule has 12 heteroatoms. The van der Waals surface area contributed by atoms with Gasteiger partial charge in [-0.3, -0.25) is 29.9 Å². The highest BCUT2D eigenvalue weighted by Gasteiger charge is 2.38. The molecular formula is C72H42N12. The minimum atomic E-state index is 0.879. The Bertz CT molecular complexity index is 4730. The van der Waals surface area contributed by atoms with Crippen LogP contribution in [-0.2, 0) is 0 Å². The lowest BCUT2D eigenvalue weighted by atomic mass is 10.0. The lowest BCUT2D eigenvalue weighted by Crippen LogP contribution is -2.20. The van der Waals surface area contributed by atoms with Crippen LogP contribution in [0.5, 0.6) is 0 Å². The van der Waals surface area contributed by atoms with Gasteiger partial charge in [0.2, 0.25) is 0 Å². The van der Waals surface area contributed by atoms with Crippen LogP contribution in [0.2, 0.25) is 0 Å². The number of nitrogens with zero attached hydrogens (tertiary/aromatic N) is 12. The Kier molecular flexibility index (Phi) is 9.05. The number of aromatic nitrogens is 12. The Labute approximate surface area is 476 Å². The third-order valence-corrected chi connectivity index (χ3v) is 17.5. The molecule has 0 unspecified atom stereocenters. The van der Waals surface area contributed by atoms with Crippen molar-refractivity contribution in [2.24, 2.45) is 0 Å². The first-order valence-electron chi connectivity index (χ1n) is 28.1. The third-order valence-electron chi connectivity index (χ3n) is 17.5. The number of pyridine rings is 6. The quantitative estimate of drug-likeness (QED) is 0.164. The van der Waals surface area contributed by atoms with Crippen LogP contribution >= 0.6 is 0 Å². The molecule has 7 aromatic carbocycles. The van der Waals surface area contributed by atoms with E-state index in [4.69, 9.17) is 29.9 Å². The van der Waals surface area contributed by atoms with E-state index in [9.17, 15) is 0 Å². The van der Waals surface area contributed by atoms with Gasteiger partial charge in [0.1, 0.15) is 0 Å². The summed E-state index contributed by atoms with van der Waals surface area (Å²) in [7, 11) is 0. The highest BCUT2D eigenvalue weighted by Crippen LogP contribution is 2.54. The number of hydrogen-bond acceptors (Lipinski definition) is 6. The summed E-state index contributed by atoms with van der Waals surface area (Å²) >= 11 is 0. The maximum atomic E-state index is 5.02. The van der Waals surface area contributed by atoms with E-state index >= 15 is 0 Å². The molecule has 0 spiro atoms. The second kappa shape index (κ2) is 16.9. The van der Waals surface area contributed by atoms with Crippen LogP contribution in [0.15, 0.2) is 256 Å². The zero-order valence-corrected chi connectivity index (χ0v) is 44.6. The Morgan fingerprint density at radius 1 is 0.155 bits per heavy atom. The van der Waals surface area contributed by atoms with Crippen molar-refractivity contribution in [3.8, 4) is 34.1 Å². The molecule has 0 aliphatic heterocycles. The molecule has 0 saturated heterocycles. The number of benzene rings is 7. The molecule has 12 heterocycles. The molecule has 0 aliphatic rings. The van der Waals surface area contributed by atoms with Gasteiger partial charge in [0.15, 0.2) is 0 Å². The molecule has 0 aliphatic carbocycles. The Balaban J connectivity index is 1.25. The summed E-state index contributed by atoms with van der Waals surface area (Å²) in [5, 5.41) is 12.9. The Morgan fingerprint density at radius 2 is 0.298 bits per heavy atom. The minimum Gasteiger partial charge on any atom is -0.304 e. The molecule has 19 aromatic rings. The molecule has 12 nitrogen and oxygen atoms in total. The Hall–Kier alpha value is -11.8. The van der Waals surface area contributed by atoms with Crippen molar-refractivity contribution < 1.29 is 0 Å². The summed E-state index contributed by atoms with van der Waals surface area (Å²) in [5.74, 6) is 0. The van der Waals surface area contributed by atoms with E-state index < -0.39 is 0 Å². The van der Waals surface area contributed by atoms with Crippen LogP contribution in [-0.4, -0.2) is 57.3 Å². The number of hydrogen-bond donors (Lipinski definition) is 0. The Morgan fingerprint density at radius 3 is 0.464 bits per heavy atom. The summed E-state index contributed by atoms with van der Waals surface area (Å²) in [6.45, 7) is 0. The second-order valence-electron chi connectivity index (χ2n) is 21.6. The van der Waals surface area contributed by atoms with Gasteiger partial charge >= 0.3 is 0 Å². The van der Waals surface area contributed by atoms with E-state index in [1.807, 2.05) is 74.4 Å². The van der Waals surface area contributed by atoms with E-state index in [1.165, 1.54) is 0 Å². The molecule has 84 heavy (non-hydrogen) atoms. The lowest BCUT2D eigenvalue weighted by molar-refractivity contribution is 0.967. The summed E-state index contributed by atoms with van der Waals surface area (Å²) in [6, 6.07) is 65.6. The van der Waals surface area contributed by atoms with E-state index in [2.05, 4.69) is 209 Å². The first kappa shape index (κ1) is 45.0. The van der Waals surface area contributed by atoms with Crippen molar-refractivity contribution in [1.29, 1.82) is 0 Å². The van der Waals surface area contributed by atoms with Gasteiger partial charge in [-0.05, 0) is 72.8 Å². The molecule has 0 N–H and O–H groups in total. The highest BCUT2D eigenvalue weighted by molar-refractivity contribution is 6.19. The molecular weight excluding hydrogens is 1030 g/mol. The predicted molar refractivity (Wildman–Crippen MR) is 339 cm³/mol. The second-order valence-corrected chi connectivity index (χ2v) is 21.6. The van der Waals surface area contributed by atoms with Crippen LogP contribution < -0.4 is 0 Å². The fourth-order valence-corrected chi connectivity index (χ4v) is 14.3. The van der Waals surface area contributed by atoms with Gasteiger partial charge in [0, 0.05) is 102 Å². The van der Waals surface area contributed by atoms with Crippen LogP contribution in [0.4, 0.5) is 0 Å². The highest BCUT2D eigenvalue weighted by atomic mass is 15.2. The summed E-state index contributed by atoms with van der Waals surface area (Å²) < 4.78 is 14.9. The summed E-state index contributed by atoms with van der Waals surface area (Å²) in [6.07, 6.45) is 23.6. The van der Waals surface area contributed by atoms with Crippen LogP contribution in [0.25, 0.3) is 165 Å². The standard InChI is InChI=1S/C72H42N12/c1-7-19-55-43(13-1)49-25-31-73-37-61(49)79(55)67-68(80-56-20-8-2-14-44(56)50-26-32-74-38-62(50)80)70(82-58-22-10-4-16-46(58)52-28-34-76-40-64(52)82)72(84-60-24-12-6-18-48(60)54-30-36-78-42-66(54)84)71(83-59-23-11-5-17-47(59)53-29-35-77-41-65(53)83)69(67)81-57-21-9-3-15-45(57)51-27-33-75-39-63(51)81/h1-42H. The molecule has 0 radical (unpaired) electrons. The monoisotopic (exact) mass is 1070 g/mol. The van der Waals surface area contributed by atoms with E-state index in [0.29, 0.717) is 0 Å². The van der Waals surface area contributed by atoms with Gasteiger partial charge in [0.05, 0.1) is 138 Å². The van der Waals surface area contributed by atoms with Gasteiger partial charge in [-0.2, -0.15) is 0 Å². The van der Waals surface area contributed by atoms with Crippen molar-refractivity contribution in [3.05, 3.63) is 256 Å². The molecule has 19 rings (SSSR count). The largest absolute Gasteiger partial charge is 0.304 e. The topological polar surface area (TPSA) is 107 Å². The maximum Gasteiger partial charge on any atom is 0.0992 e. The average Bonchev–Trinajstić information content (AvgIpc) is 1.51. The van der Waals surface area contributed by atoms with Crippen LogP contribution in [0.1, 0.15) is 0 Å². The van der Waals surface area contributed by atoms with E-state index in [-0.39, 0.29) is 0 Å². The van der Waals surface area contributed by atoms with Crippen LogP contribution in [0, 0.1) is 0 Å². The third kappa shape index (κ3) is 5.83. The van der Waals surface area contributed by atoms with Crippen molar-refractivity contribution in [3.63, 3.8) is 0 Å². The zero-order valence-electron chi connectivity index (χ0n) is 44.6. The average molecular weight is 1080 g/mol. The van der Waals surface area contributed by atoms with Gasteiger partial charge in [-0.1, -0.05) is 109 Å². The number of fused-ring (bicyclic) bond motifs is 18. The van der Waals surface area contributed by atoms with Crippen molar-refractivity contribution in [2.45, 2.75) is 0 Å². The number of para-hydroxylation sites is 6. The summed E-state index contributed by atoms with van der Waals surface area (Å²) in [5.41, 5.74) is 16.8. The maximum absolute atomic E-state index is 5.02. The molecule has 0 atom stereocenters. The van der Waals surface area contributed by atoms with Crippen molar-refractivity contribution in [2.75, 3.05) is 0 Å². The van der Waals surface area contributed by atoms with Crippen molar-refractivity contribution in [1.82, 2.24) is 57.3 Å². The first-order valence-corrected chi connectivity index (χ1v) is 28.1. The van der Waals surface area contributed by atoms with Gasteiger partial charge in [0.25, 0.3) is 0 Å². The molecule has 0 fully saturated rings. The lowest BCUT2D eigenvalue weighted by Gasteiger charge is -2.32. The molecule has 0 amide bonds. The normalized spacial score (nSPS) is 12.3. The number of rotatable bonds is 6. The predicted octanol–water partition coefficient (Wildman–Crippen LogP) is 16.6. The van der Waals surface area contributed by atoms with Crippen LogP contribution in [0.3, 0.4) is 0 Å². The van der Waals surface area contributed by atoms with Crippen molar-refractivity contribution >= 4 is 131 Å². The zero-order chi connectivity index (χ0) is 54.7. The summed E-state index contributed by atoms with van der Waals surface area (Å²) in [4.78, 5) is 30.1. The first-order chi connectivity index (χ1) is 41.8. The molecule has 390 valence electrons. The molecule has 0 saturated carbocycles. The molecule has 12 aromatic heterocycles. The fraction of sp³-hybridized carbons (Fsp3) is 0. The van der Waals surface area contributed by atoms with Gasteiger partial charge < -0.3 is 27.4 Å². The van der Waals surface area contributed by atoms with Gasteiger partial charge in [-0.25, -0.2) is 0 Å². The van der Waals surface area contributed by atoms with E-state index in [0.717, 1.165) is 165 Å². The minimum absolute atomic E-state index is 0.879. The SMILES string of the molecule is c1ccc2c(c1)c1ccncc1n2-c1c(-n2c3ccccc3c3ccncc32)c(-n2c3ccccc3c3ccncc32)c(-n2c3ccccc3c3ccncc32)c(-n2c3ccccc3c3ccncc32)c1-n1c2ccccc2c2ccncc21. The fourth-order valence-electron chi connectivity index (χ4n) is 14.3. The smallest absolute Gasteiger partial charge is 0.0992 e. The van der Waals surface area contributed by atoms with Gasteiger partial charge in [-0.15, -0.1) is 0 Å².